The zero-order valence-corrected chi connectivity index (χ0v) is 11.3. The quantitative estimate of drug-likeness (QED) is 0.894. The molecule has 0 bridgehead atoms. The molecule has 1 aliphatic heterocycles. The maximum atomic E-state index is 4.54. The lowest BCUT2D eigenvalue weighted by molar-refractivity contribution is 0.617. The summed E-state index contributed by atoms with van der Waals surface area (Å²) in [6, 6.07) is 11.0. The van der Waals surface area contributed by atoms with Crippen LogP contribution in [-0.4, -0.2) is 23.6 Å². The first kappa shape index (κ1) is 12.0. The van der Waals surface area contributed by atoms with Gasteiger partial charge in [0.05, 0.1) is 6.04 Å². The third kappa shape index (κ3) is 2.14. The Morgan fingerprint density at radius 2 is 2.11 bits per heavy atom. The van der Waals surface area contributed by atoms with Gasteiger partial charge >= 0.3 is 0 Å². The van der Waals surface area contributed by atoms with Gasteiger partial charge in [-0.2, -0.15) is 4.98 Å². The van der Waals surface area contributed by atoms with E-state index in [1.165, 1.54) is 11.1 Å². The maximum absolute atomic E-state index is 4.54. The second-order valence-electron chi connectivity index (χ2n) is 4.81. The van der Waals surface area contributed by atoms with Crippen molar-refractivity contribution in [2.24, 2.45) is 0 Å². The van der Waals surface area contributed by atoms with Crippen LogP contribution in [-0.2, 0) is 6.42 Å². The van der Waals surface area contributed by atoms with Crippen LogP contribution in [0.5, 0.6) is 0 Å². The van der Waals surface area contributed by atoms with E-state index in [1.807, 2.05) is 13.1 Å². The van der Waals surface area contributed by atoms with E-state index in [9.17, 15) is 0 Å². The molecular weight excluding hydrogens is 236 g/mol. The van der Waals surface area contributed by atoms with Crippen molar-refractivity contribution in [3.63, 3.8) is 0 Å². The van der Waals surface area contributed by atoms with E-state index < -0.39 is 0 Å². The van der Waals surface area contributed by atoms with E-state index in [4.69, 9.17) is 0 Å². The van der Waals surface area contributed by atoms with Crippen LogP contribution in [0.1, 0.15) is 24.1 Å². The number of anilines is 2. The first-order valence-electron chi connectivity index (χ1n) is 6.65. The van der Waals surface area contributed by atoms with E-state index in [2.05, 4.69) is 51.4 Å². The summed E-state index contributed by atoms with van der Waals surface area (Å²) in [5.74, 6) is 1.66. The van der Waals surface area contributed by atoms with Crippen LogP contribution in [0.25, 0.3) is 0 Å². The van der Waals surface area contributed by atoms with E-state index in [1.54, 1.807) is 6.20 Å². The molecule has 2 aromatic rings. The molecule has 4 nitrogen and oxygen atoms in total. The van der Waals surface area contributed by atoms with Gasteiger partial charge in [-0.15, -0.1) is 0 Å². The minimum Gasteiger partial charge on any atom is -0.357 e. The lowest BCUT2D eigenvalue weighted by Crippen LogP contribution is -2.34. The lowest BCUT2D eigenvalue weighted by Gasteiger charge is -2.36. The van der Waals surface area contributed by atoms with Crippen molar-refractivity contribution < 1.29 is 0 Å². The molecule has 0 unspecified atom stereocenters. The fraction of sp³-hybridized carbons (Fsp3) is 0.333. The Balaban J connectivity index is 1.95. The van der Waals surface area contributed by atoms with Crippen LogP contribution < -0.4 is 10.2 Å². The summed E-state index contributed by atoms with van der Waals surface area (Å²) in [6.45, 7) is 3.23. The molecule has 1 atom stereocenters. The van der Waals surface area contributed by atoms with Crippen LogP contribution in [0.2, 0.25) is 0 Å². The van der Waals surface area contributed by atoms with E-state index in [0.717, 1.165) is 18.8 Å². The number of rotatable bonds is 2. The molecule has 0 saturated carbocycles. The van der Waals surface area contributed by atoms with Crippen molar-refractivity contribution in [3.05, 3.63) is 47.7 Å². The molecular formula is C15H18N4. The zero-order chi connectivity index (χ0) is 13.2. The number of benzene rings is 1. The standard InChI is InChI=1S/C15H18N4/c1-11-13-6-4-3-5-12(13)8-10-19(11)14-7-9-17-15(16-2)18-14/h3-7,9,11H,8,10H2,1-2H3,(H,16,17,18)/t11-/m1/s1. The number of aromatic nitrogens is 2. The molecule has 0 saturated heterocycles. The maximum Gasteiger partial charge on any atom is 0.224 e. The number of hydrogen-bond acceptors (Lipinski definition) is 4. The summed E-state index contributed by atoms with van der Waals surface area (Å²) in [5.41, 5.74) is 2.85. The molecule has 1 aromatic heterocycles. The van der Waals surface area contributed by atoms with Crippen LogP contribution in [0.15, 0.2) is 36.5 Å². The van der Waals surface area contributed by atoms with Crippen molar-refractivity contribution in [1.82, 2.24) is 9.97 Å². The van der Waals surface area contributed by atoms with Gasteiger partial charge in [-0.05, 0) is 30.5 Å². The molecule has 98 valence electrons. The van der Waals surface area contributed by atoms with Gasteiger partial charge < -0.3 is 10.2 Å². The molecule has 2 heterocycles. The number of hydrogen-bond donors (Lipinski definition) is 1. The Labute approximate surface area is 113 Å². The molecule has 3 rings (SSSR count). The van der Waals surface area contributed by atoms with Gasteiger partial charge in [0.15, 0.2) is 0 Å². The van der Waals surface area contributed by atoms with E-state index >= 15 is 0 Å². The molecule has 0 radical (unpaired) electrons. The molecule has 1 aliphatic rings. The highest BCUT2D eigenvalue weighted by molar-refractivity contribution is 5.48. The Morgan fingerprint density at radius 1 is 1.26 bits per heavy atom. The van der Waals surface area contributed by atoms with Crippen LogP contribution in [0.3, 0.4) is 0 Å². The Morgan fingerprint density at radius 3 is 2.95 bits per heavy atom. The van der Waals surface area contributed by atoms with Crippen molar-refractivity contribution in [2.75, 3.05) is 23.8 Å². The van der Waals surface area contributed by atoms with Crippen LogP contribution in [0, 0.1) is 0 Å². The Kier molecular flexibility index (Phi) is 3.07. The second-order valence-corrected chi connectivity index (χ2v) is 4.81. The third-order valence-electron chi connectivity index (χ3n) is 3.75. The predicted octanol–water partition coefficient (Wildman–Crippen LogP) is 2.64. The van der Waals surface area contributed by atoms with Gasteiger partial charge in [-0.25, -0.2) is 4.98 Å². The highest BCUT2D eigenvalue weighted by Gasteiger charge is 2.24. The smallest absolute Gasteiger partial charge is 0.224 e. The predicted molar refractivity (Wildman–Crippen MR) is 77.5 cm³/mol. The topological polar surface area (TPSA) is 41.1 Å². The van der Waals surface area contributed by atoms with Crippen molar-refractivity contribution in [2.45, 2.75) is 19.4 Å². The first-order chi connectivity index (χ1) is 9.29. The number of fused-ring (bicyclic) bond motifs is 1. The van der Waals surface area contributed by atoms with Crippen molar-refractivity contribution in [1.29, 1.82) is 0 Å². The SMILES string of the molecule is CNc1nccc(N2CCc3ccccc3[C@H]2C)n1. The molecule has 0 aliphatic carbocycles. The summed E-state index contributed by atoms with van der Waals surface area (Å²) >= 11 is 0. The average Bonchev–Trinajstić information content (AvgIpc) is 2.48. The third-order valence-corrected chi connectivity index (χ3v) is 3.75. The summed E-state index contributed by atoms with van der Waals surface area (Å²) in [4.78, 5) is 11.1. The highest BCUT2D eigenvalue weighted by atomic mass is 15.2. The Bertz CT molecular complexity index is 582. The average molecular weight is 254 g/mol. The summed E-state index contributed by atoms with van der Waals surface area (Å²) < 4.78 is 0. The minimum absolute atomic E-state index is 0.351. The molecule has 1 aromatic carbocycles. The molecule has 4 heteroatoms. The van der Waals surface area contributed by atoms with Gasteiger partial charge in [-0.3, -0.25) is 0 Å². The normalized spacial score (nSPS) is 18.0. The van der Waals surface area contributed by atoms with Gasteiger partial charge in [0.1, 0.15) is 5.82 Å². The lowest BCUT2D eigenvalue weighted by atomic mass is 9.94. The van der Waals surface area contributed by atoms with Gasteiger partial charge in [-0.1, -0.05) is 24.3 Å². The monoisotopic (exact) mass is 254 g/mol. The summed E-state index contributed by atoms with van der Waals surface area (Å²) in [5, 5.41) is 2.99. The number of nitrogens with one attached hydrogen (secondary N) is 1. The molecule has 0 amide bonds. The van der Waals surface area contributed by atoms with E-state index in [0.29, 0.717) is 12.0 Å². The Hall–Kier alpha value is -2.10. The molecule has 0 fully saturated rings. The molecule has 0 spiro atoms. The zero-order valence-electron chi connectivity index (χ0n) is 11.3. The van der Waals surface area contributed by atoms with Gasteiger partial charge in [0.2, 0.25) is 5.95 Å². The largest absolute Gasteiger partial charge is 0.357 e. The van der Waals surface area contributed by atoms with Gasteiger partial charge in [0, 0.05) is 19.8 Å². The first-order valence-corrected chi connectivity index (χ1v) is 6.65. The molecule has 1 N–H and O–H groups in total. The fourth-order valence-corrected chi connectivity index (χ4v) is 2.71. The fourth-order valence-electron chi connectivity index (χ4n) is 2.71. The van der Waals surface area contributed by atoms with Crippen molar-refractivity contribution >= 4 is 11.8 Å². The second kappa shape index (κ2) is 4.88. The van der Waals surface area contributed by atoms with Gasteiger partial charge in [0.25, 0.3) is 0 Å². The summed E-state index contributed by atoms with van der Waals surface area (Å²) in [6.07, 6.45) is 2.88. The number of nitrogens with zero attached hydrogens (tertiary/aromatic N) is 3. The van der Waals surface area contributed by atoms with Crippen LogP contribution >= 0.6 is 0 Å². The molecule has 19 heavy (non-hydrogen) atoms. The van der Waals surface area contributed by atoms with Crippen LogP contribution in [0.4, 0.5) is 11.8 Å². The van der Waals surface area contributed by atoms with Crippen molar-refractivity contribution in [3.8, 4) is 0 Å². The highest BCUT2D eigenvalue weighted by Crippen LogP contribution is 2.32. The minimum atomic E-state index is 0.351. The van der Waals surface area contributed by atoms with E-state index in [-0.39, 0.29) is 0 Å². The summed E-state index contributed by atoms with van der Waals surface area (Å²) in [7, 11) is 1.84.